The van der Waals surface area contributed by atoms with E-state index in [-0.39, 0.29) is 35.3 Å². The second kappa shape index (κ2) is 15.0. The van der Waals surface area contributed by atoms with E-state index >= 15 is 0 Å². The number of carbonyl (C=O) groups is 2. The smallest absolute Gasteiger partial charge is 0.308 e. The van der Waals surface area contributed by atoms with Crippen LogP contribution in [0.25, 0.3) is 0 Å². The van der Waals surface area contributed by atoms with Crippen LogP contribution in [0.5, 0.6) is 0 Å². The minimum atomic E-state index is -0.177. The molecular weight excluding hydrogens is 404 g/mol. The van der Waals surface area contributed by atoms with Gasteiger partial charge in [0.25, 0.3) is 0 Å². The van der Waals surface area contributed by atoms with Crippen molar-refractivity contribution in [2.24, 2.45) is 17.3 Å². The van der Waals surface area contributed by atoms with Crippen LogP contribution in [0.1, 0.15) is 85.6 Å². The van der Waals surface area contributed by atoms with E-state index in [4.69, 9.17) is 14.2 Å². The van der Waals surface area contributed by atoms with Crippen LogP contribution >= 0.6 is 0 Å². The maximum absolute atomic E-state index is 12.7. The van der Waals surface area contributed by atoms with E-state index in [0.29, 0.717) is 26.2 Å². The number of hydrogen-bond donors (Lipinski definition) is 0. The summed E-state index contributed by atoms with van der Waals surface area (Å²) in [5.74, 6) is -0.157. The van der Waals surface area contributed by atoms with Gasteiger partial charge in [0.1, 0.15) is 6.10 Å². The van der Waals surface area contributed by atoms with Gasteiger partial charge >= 0.3 is 11.9 Å². The van der Waals surface area contributed by atoms with E-state index in [1.807, 2.05) is 32.0 Å². The first-order chi connectivity index (χ1) is 15.1. The number of benzene rings is 1. The van der Waals surface area contributed by atoms with Gasteiger partial charge in [-0.3, -0.25) is 9.59 Å². The van der Waals surface area contributed by atoms with Crippen molar-refractivity contribution in [2.45, 2.75) is 92.8 Å². The van der Waals surface area contributed by atoms with Crippen LogP contribution in [0.4, 0.5) is 0 Å². The molecule has 0 amide bonds. The molecule has 0 unspecified atom stereocenters. The average Bonchev–Trinajstić information content (AvgIpc) is 2.74. The maximum atomic E-state index is 12.7. The van der Waals surface area contributed by atoms with Gasteiger partial charge in [0, 0.05) is 13.0 Å². The van der Waals surface area contributed by atoms with E-state index in [2.05, 4.69) is 39.8 Å². The first kappa shape index (κ1) is 28.2. The number of rotatable bonds is 15. The fourth-order valence-corrected chi connectivity index (χ4v) is 3.45. The molecule has 0 saturated heterocycles. The minimum Gasteiger partial charge on any atom is -0.466 e. The highest BCUT2D eigenvalue weighted by Crippen LogP contribution is 2.30. The van der Waals surface area contributed by atoms with Crippen LogP contribution < -0.4 is 0 Å². The second-order valence-corrected chi connectivity index (χ2v) is 9.91. The lowest BCUT2D eigenvalue weighted by molar-refractivity contribution is -0.161. The molecule has 5 nitrogen and oxygen atoms in total. The van der Waals surface area contributed by atoms with E-state index in [0.717, 1.165) is 32.1 Å². The van der Waals surface area contributed by atoms with E-state index in [9.17, 15) is 9.59 Å². The fourth-order valence-electron chi connectivity index (χ4n) is 3.45. The minimum absolute atomic E-state index is 0.132. The summed E-state index contributed by atoms with van der Waals surface area (Å²) in [5.41, 5.74) is 1.02. The zero-order chi connectivity index (χ0) is 24.0. The highest BCUT2D eigenvalue weighted by molar-refractivity contribution is 5.72. The summed E-state index contributed by atoms with van der Waals surface area (Å²) in [6.45, 7) is 13.9. The molecule has 0 spiro atoms. The van der Waals surface area contributed by atoms with Gasteiger partial charge in [-0.25, -0.2) is 0 Å². The van der Waals surface area contributed by atoms with Crippen LogP contribution in [0, 0.1) is 17.3 Å². The van der Waals surface area contributed by atoms with Crippen molar-refractivity contribution in [3.05, 3.63) is 35.9 Å². The molecule has 0 radical (unpaired) electrons. The number of esters is 2. The summed E-state index contributed by atoms with van der Waals surface area (Å²) in [6.07, 6.45) is 4.37. The Morgan fingerprint density at radius 2 is 1.69 bits per heavy atom. The normalized spacial score (nSPS) is 14.4. The van der Waals surface area contributed by atoms with Crippen LogP contribution in [0.2, 0.25) is 0 Å². The van der Waals surface area contributed by atoms with Gasteiger partial charge in [0.05, 0.1) is 19.1 Å². The van der Waals surface area contributed by atoms with Crippen molar-refractivity contribution < 1.29 is 23.8 Å². The number of hydrogen-bond acceptors (Lipinski definition) is 5. The Hall–Kier alpha value is -1.88. The Morgan fingerprint density at radius 1 is 1.00 bits per heavy atom. The summed E-state index contributed by atoms with van der Waals surface area (Å²) in [4.78, 5) is 24.3. The molecule has 1 aromatic rings. The summed E-state index contributed by atoms with van der Waals surface area (Å²) in [7, 11) is 0. The lowest BCUT2D eigenvalue weighted by Gasteiger charge is -2.33. The van der Waals surface area contributed by atoms with Gasteiger partial charge < -0.3 is 14.2 Å². The van der Waals surface area contributed by atoms with Crippen molar-refractivity contribution in [1.29, 1.82) is 0 Å². The van der Waals surface area contributed by atoms with Crippen LogP contribution in [-0.4, -0.2) is 31.3 Å². The summed E-state index contributed by atoms with van der Waals surface area (Å²) < 4.78 is 16.7. The van der Waals surface area contributed by atoms with E-state index < -0.39 is 0 Å². The Kier molecular flexibility index (Phi) is 13.2. The maximum Gasteiger partial charge on any atom is 0.308 e. The number of carbonyl (C=O) groups excluding carboxylic acids is 2. The largest absolute Gasteiger partial charge is 0.466 e. The van der Waals surface area contributed by atoms with Crippen molar-refractivity contribution >= 4 is 11.9 Å². The van der Waals surface area contributed by atoms with Gasteiger partial charge in [-0.05, 0) is 49.5 Å². The van der Waals surface area contributed by atoms with Crippen LogP contribution in [0.15, 0.2) is 30.3 Å². The first-order valence-corrected chi connectivity index (χ1v) is 12.1. The van der Waals surface area contributed by atoms with Crippen molar-refractivity contribution in [2.75, 3.05) is 13.2 Å². The molecule has 0 heterocycles. The predicted molar refractivity (Wildman–Crippen MR) is 128 cm³/mol. The quantitative estimate of drug-likeness (QED) is 0.231. The van der Waals surface area contributed by atoms with Gasteiger partial charge in [0.2, 0.25) is 0 Å². The molecule has 0 N–H and O–H groups in total. The topological polar surface area (TPSA) is 61.8 Å². The summed E-state index contributed by atoms with van der Waals surface area (Å²) in [6, 6.07) is 10.1. The SMILES string of the molecule is CCOC(=O)CC[C@@H](C)C[C@H](OC(=O)[C@H](C)CCCCOCc1ccccc1)C(C)(C)C. The van der Waals surface area contributed by atoms with Crippen LogP contribution in [0.3, 0.4) is 0 Å². The lowest BCUT2D eigenvalue weighted by atomic mass is 9.82. The Morgan fingerprint density at radius 3 is 2.31 bits per heavy atom. The molecule has 0 saturated carbocycles. The van der Waals surface area contributed by atoms with Gasteiger partial charge in [0.15, 0.2) is 0 Å². The molecule has 182 valence electrons. The van der Waals surface area contributed by atoms with Crippen LogP contribution in [-0.2, 0) is 30.4 Å². The van der Waals surface area contributed by atoms with Gasteiger partial charge in [-0.1, -0.05) is 71.4 Å². The molecule has 0 fully saturated rings. The highest BCUT2D eigenvalue weighted by atomic mass is 16.5. The monoisotopic (exact) mass is 448 g/mol. The standard InChI is InChI=1S/C27H44O5/c1-7-31-25(28)17-16-21(2)19-24(27(4,5)6)32-26(29)22(3)13-11-12-18-30-20-23-14-9-8-10-15-23/h8-10,14-15,21-22,24H,7,11-13,16-20H2,1-6H3/t21-,22-,24+/m1/s1. The molecule has 1 rings (SSSR count). The number of unbranched alkanes of at least 4 members (excludes halogenated alkanes) is 1. The van der Waals surface area contributed by atoms with E-state index in [1.54, 1.807) is 0 Å². The highest BCUT2D eigenvalue weighted by Gasteiger charge is 2.31. The molecule has 0 aliphatic carbocycles. The first-order valence-electron chi connectivity index (χ1n) is 12.1. The summed E-state index contributed by atoms with van der Waals surface area (Å²) >= 11 is 0. The molecule has 5 heteroatoms. The second-order valence-electron chi connectivity index (χ2n) is 9.91. The Labute approximate surface area is 195 Å². The zero-order valence-electron chi connectivity index (χ0n) is 21.0. The van der Waals surface area contributed by atoms with Crippen molar-refractivity contribution in [3.63, 3.8) is 0 Å². The van der Waals surface area contributed by atoms with Crippen molar-refractivity contribution in [1.82, 2.24) is 0 Å². The molecule has 0 bridgehead atoms. The third-order valence-electron chi connectivity index (χ3n) is 5.68. The Balaban J connectivity index is 2.34. The predicted octanol–water partition coefficient (Wildman–Crippen LogP) is 6.34. The fraction of sp³-hybridized carbons (Fsp3) is 0.704. The Bertz CT molecular complexity index is 650. The molecular formula is C27H44O5. The summed E-state index contributed by atoms with van der Waals surface area (Å²) in [5, 5.41) is 0. The zero-order valence-corrected chi connectivity index (χ0v) is 21.0. The average molecular weight is 449 g/mol. The number of ether oxygens (including phenoxy) is 3. The molecule has 32 heavy (non-hydrogen) atoms. The third kappa shape index (κ3) is 12.2. The molecule has 3 atom stereocenters. The molecule has 1 aromatic carbocycles. The van der Waals surface area contributed by atoms with Gasteiger partial charge in [-0.15, -0.1) is 0 Å². The van der Waals surface area contributed by atoms with E-state index in [1.165, 1.54) is 5.56 Å². The molecule has 0 aliphatic heterocycles. The molecule has 0 aliphatic rings. The van der Waals surface area contributed by atoms with Crippen molar-refractivity contribution in [3.8, 4) is 0 Å². The lowest BCUT2D eigenvalue weighted by Crippen LogP contribution is -2.35. The molecule has 0 aromatic heterocycles. The third-order valence-corrected chi connectivity index (χ3v) is 5.68. The van der Waals surface area contributed by atoms with Gasteiger partial charge in [-0.2, -0.15) is 0 Å².